The molecule has 0 heteroatoms. The van der Waals surface area contributed by atoms with Crippen molar-refractivity contribution in [1.82, 2.24) is 0 Å². The van der Waals surface area contributed by atoms with E-state index in [1.54, 1.807) is 12.8 Å². The number of fused-ring (bicyclic) bond motifs is 1. The van der Waals surface area contributed by atoms with Gasteiger partial charge in [-0.3, -0.25) is 0 Å². The Morgan fingerprint density at radius 2 is 1.67 bits per heavy atom. The average molecular weight is 166 g/mol. The third-order valence-electron chi connectivity index (χ3n) is 4.18. The predicted octanol–water partition coefficient (Wildman–Crippen LogP) is 3.86. The molecule has 2 rings (SSSR count). The first-order valence-electron chi connectivity index (χ1n) is 5.77. The van der Waals surface area contributed by atoms with Gasteiger partial charge >= 0.3 is 0 Å². The van der Waals surface area contributed by atoms with Crippen LogP contribution < -0.4 is 0 Å². The van der Waals surface area contributed by atoms with E-state index in [1.807, 2.05) is 0 Å². The van der Waals surface area contributed by atoms with Crippen molar-refractivity contribution in [3.63, 3.8) is 0 Å². The highest BCUT2D eigenvalue weighted by Crippen LogP contribution is 2.45. The summed E-state index contributed by atoms with van der Waals surface area (Å²) in [6.07, 6.45) is 9.15. The van der Waals surface area contributed by atoms with Crippen molar-refractivity contribution in [2.45, 2.75) is 52.4 Å². The fourth-order valence-electron chi connectivity index (χ4n) is 3.70. The van der Waals surface area contributed by atoms with Crippen molar-refractivity contribution in [1.29, 1.82) is 0 Å². The molecule has 4 atom stereocenters. The predicted molar refractivity (Wildman–Crippen MR) is 53.0 cm³/mol. The highest BCUT2D eigenvalue weighted by Gasteiger charge is 2.34. The van der Waals surface area contributed by atoms with Crippen LogP contribution in [0.3, 0.4) is 0 Å². The summed E-state index contributed by atoms with van der Waals surface area (Å²) in [6, 6.07) is 0. The van der Waals surface area contributed by atoms with Gasteiger partial charge in [-0.05, 0) is 42.9 Å². The van der Waals surface area contributed by atoms with Crippen LogP contribution in [0.4, 0.5) is 0 Å². The standard InChI is InChI=1S/C12H22/c1-9-7-10(2)12-6-4-3-5-11(12)8-9/h9-12H,3-8H2,1-2H3/t9-,10-,11+,12?/m0/s1. The minimum Gasteiger partial charge on any atom is -0.0625 e. The Kier molecular flexibility index (Phi) is 2.43. The van der Waals surface area contributed by atoms with E-state index < -0.39 is 0 Å². The second-order valence-corrected chi connectivity index (χ2v) is 5.26. The Bertz CT molecular complexity index is 150. The van der Waals surface area contributed by atoms with Gasteiger partial charge in [0.1, 0.15) is 0 Å². The Morgan fingerprint density at radius 3 is 2.50 bits per heavy atom. The fourth-order valence-corrected chi connectivity index (χ4v) is 3.70. The molecule has 0 aliphatic heterocycles. The van der Waals surface area contributed by atoms with E-state index in [-0.39, 0.29) is 0 Å². The summed E-state index contributed by atoms with van der Waals surface area (Å²) in [5.74, 6) is 4.26. The molecule has 0 aromatic heterocycles. The lowest BCUT2D eigenvalue weighted by Gasteiger charge is -2.42. The third kappa shape index (κ3) is 1.53. The molecule has 0 aromatic rings. The van der Waals surface area contributed by atoms with Gasteiger partial charge < -0.3 is 0 Å². The number of hydrogen-bond donors (Lipinski definition) is 0. The van der Waals surface area contributed by atoms with Gasteiger partial charge in [-0.25, -0.2) is 0 Å². The van der Waals surface area contributed by atoms with Crippen molar-refractivity contribution in [3.05, 3.63) is 0 Å². The van der Waals surface area contributed by atoms with Crippen LogP contribution in [0.15, 0.2) is 0 Å². The van der Waals surface area contributed by atoms with Gasteiger partial charge in [0.25, 0.3) is 0 Å². The molecule has 0 nitrogen and oxygen atoms in total. The van der Waals surface area contributed by atoms with Gasteiger partial charge in [0.05, 0.1) is 0 Å². The number of hydrogen-bond acceptors (Lipinski definition) is 0. The number of rotatable bonds is 0. The fraction of sp³-hybridized carbons (Fsp3) is 1.00. The van der Waals surface area contributed by atoms with Gasteiger partial charge in [0.15, 0.2) is 0 Å². The SMILES string of the molecule is C[C@@H]1C[C@H]2CCCCC2[C@@H](C)C1. The summed E-state index contributed by atoms with van der Waals surface area (Å²) >= 11 is 0. The van der Waals surface area contributed by atoms with E-state index in [2.05, 4.69) is 13.8 Å². The molecule has 0 N–H and O–H groups in total. The van der Waals surface area contributed by atoms with Crippen molar-refractivity contribution in [2.24, 2.45) is 23.7 Å². The van der Waals surface area contributed by atoms with E-state index in [4.69, 9.17) is 0 Å². The van der Waals surface area contributed by atoms with Gasteiger partial charge in [-0.2, -0.15) is 0 Å². The minimum atomic E-state index is 1.01. The van der Waals surface area contributed by atoms with Crippen molar-refractivity contribution in [2.75, 3.05) is 0 Å². The third-order valence-corrected chi connectivity index (χ3v) is 4.18. The Balaban J connectivity index is 2.01. The molecule has 2 saturated carbocycles. The molecular weight excluding hydrogens is 144 g/mol. The summed E-state index contributed by atoms with van der Waals surface area (Å²) in [7, 11) is 0. The smallest absolute Gasteiger partial charge is 0.0360 e. The van der Waals surface area contributed by atoms with Crippen molar-refractivity contribution in [3.8, 4) is 0 Å². The molecule has 2 aliphatic rings. The maximum atomic E-state index is 2.48. The molecule has 0 amide bonds. The van der Waals surface area contributed by atoms with Crippen LogP contribution in [0.1, 0.15) is 52.4 Å². The maximum absolute atomic E-state index is 2.48. The van der Waals surface area contributed by atoms with E-state index >= 15 is 0 Å². The zero-order valence-electron chi connectivity index (χ0n) is 8.55. The van der Waals surface area contributed by atoms with Crippen LogP contribution in [0.2, 0.25) is 0 Å². The summed E-state index contributed by atoms with van der Waals surface area (Å²) in [5, 5.41) is 0. The van der Waals surface area contributed by atoms with Crippen LogP contribution in [0.25, 0.3) is 0 Å². The van der Waals surface area contributed by atoms with Gasteiger partial charge in [-0.15, -0.1) is 0 Å². The summed E-state index contributed by atoms with van der Waals surface area (Å²) < 4.78 is 0. The molecule has 0 saturated heterocycles. The first-order valence-corrected chi connectivity index (χ1v) is 5.77. The quantitative estimate of drug-likeness (QED) is 0.512. The Morgan fingerprint density at radius 1 is 0.917 bits per heavy atom. The topological polar surface area (TPSA) is 0 Å². The van der Waals surface area contributed by atoms with Crippen LogP contribution >= 0.6 is 0 Å². The molecule has 0 spiro atoms. The van der Waals surface area contributed by atoms with Crippen LogP contribution in [-0.2, 0) is 0 Å². The molecule has 1 unspecified atom stereocenters. The molecule has 2 aliphatic carbocycles. The largest absolute Gasteiger partial charge is 0.0625 e. The zero-order chi connectivity index (χ0) is 8.55. The lowest BCUT2D eigenvalue weighted by Crippen LogP contribution is -2.32. The van der Waals surface area contributed by atoms with E-state index in [1.165, 1.54) is 25.7 Å². The minimum absolute atomic E-state index is 1.01. The van der Waals surface area contributed by atoms with Crippen LogP contribution in [0, 0.1) is 23.7 Å². The van der Waals surface area contributed by atoms with E-state index in [0.29, 0.717) is 0 Å². The van der Waals surface area contributed by atoms with Crippen LogP contribution in [-0.4, -0.2) is 0 Å². The molecule has 0 aromatic carbocycles. The van der Waals surface area contributed by atoms with Crippen LogP contribution in [0.5, 0.6) is 0 Å². The Hall–Kier alpha value is 0. The molecule has 0 heterocycles. The molecule has 0 radical (unpaired) electrons. The van der Waals surface area contributed by atoms with E-state index in [0.717, 1.165) is 23.7 Å². The second-order valence-electron chi connectivity index (χ2n) is 5.26. The first kappa shape index (κ1) is 8.59. The molecule has 0 bridgehead atoms. The molecule has 70 valence electrons. The Labute approximate surface area is 76.7 Å². The molecule has 2 fully saturated rings. The van der Waals surface area contributed by atoms with Gasteiger partial charge in [-0.1, -0.05) is 33.1 Å². The van der Waals surface area contributed by atoms with Crippen molar-refractivity contribution >= 4 is 0 Å². The maximum Gasteiger partial charge on any atom is -0.0360 e. The van der Waals surface area contributed by atoms with E-state index in [9.17, 15) is 0 Å². The monoisotopic (exact) mass is 166 g/mol. The first-order chi connectivity index (χ1) is 5.77. The van der Waals surface area contributed by atoms with Crippen molar-refractivity contribution < 1.29 is 0 Å². The zero-order valence-corrected chi connectivity index (χ0v) is 8.55. The highest BCUT2D eigenvalue weighted by molar-refractivity contribution is 4.85. The highest BCUT2D eigenvalue weighted by atomic mass is 14.4. The van der Waals surface area contributed by atoms with Gasteiger partial charge in [0, 0.05) is 0 Å². The summed E-state index contributed by atoms with van der Waals surface area (Å²) in [6.45, 7) is 4.93. The normalized spacial score (nSPS) is 48.5. The average Bonchev–Trinajstić information content (AvgIpc) is 2.04. The molecular formula is C12H22. The lowest BCUT2D eigenvalue weighted by atomic mass is 9.63. The summed E-state index contributed by atoms with van der Waals surface area (Å²) in [4.78, 5) is 0. The lowest BCUT2D eigenvalue weighted by molar-refractivity contribution is 0.0827. The second kappa shape index (κ2) is 3.40. The molecule has 12 heavy (non-hydrogen) atoms. The summed E-state index contributed by atoms with van der Waals surface area (Å²) in [5.41, 5.74) is 0. The van der Waals surface area contributed by atoms with Gasteiger partial charge in [0.2, 0.25) is 0 Å².